The highest BCUT2D eigenvalue weighted by Crippen LogP contribution is 2.46. The number of nitrogens with one attached hydrogen (secondary N) is 2. The van der Waals surface area contributed by atoms with Crippen LogP contribution in [0.3, 0.4) is 0 Å². The van der Waals surface area contributed by atoms with Crippen molar-refractivity contribution in [3.05, 3.63) is 64.1 Å². The second-order valence-electron chi connectivity index (χ2n) is 9.37. The number of aromatic nitrogens is 1. The smallest absolute Gasteiger partial charge is 0.307 e. The first-order chi connectivity index (χ1) is 17.3. The Morgan fingerprint density at radius 2 is 2.08 bits per heavy atom. The van der Waals surface area contributed by atoms with E-state index in [0.29, 0.717) is 31.7 Å². The second-order valence-corrected chi connectivity index (χ2v) is 9.75. The van der Waals surface area contributed by atoms with Crippen LogP contribution in [-0.2, 0) is 11.2 Å². The van der Waals surface area contributed by atoms with E-state index in [1.807, 2.05) is 36.1 Å². The van der Waals surface area contributed by atoms with Crippen molar-refractivity contribution in [2.45, 2.75) is 38.8 Å². The molecule has 1 aliphatic rings. The fraction of sp³-hybridized carbons (Fsp3) is 0.444. The normalized spacial score (nSPS) is 18.8. The van der Waals surface area contributed by atoms with E-state index in [0.717, 1.165) is 22.2 Å². The number of hydrogen-bond donors (Lipinski definition) is 3. The molecule has 3 atom stereocenters. The molecule has 0 saturated carbocycles. The Kier molecular flexibility index (Phi) is 8.49. The number of aromatic amines is 1. The highest BCUT2D eigenvalue weighted by molar-refractivity contribution is 6.33. The number of nitrogens with zero attached hydrogens (tertiary/aromatic N) is 1. The molecule has 3 N–H and O–H groups in total. The summed E-state index contributed by atoms with van der Waals surface area (Å²) in [4.78, 5) is 17.2. The number of hydrogen-bond acceptors (Lipinski definition) is 4. The summed E-state index contributed by atoms with van der Waals surface area (Å²) < 4.78 is 33.7. The minimum atomic E-state index is -0.910. The van der Waals surface area contributed by atoms with Gasteiger partial charge in [-0.15, -0.1) is 0 Å². The van der Waals surface area contributed by atoms with E-state index in [-0.39, 0.29) is 36.5 Å². The van der Waals surface area contributed by atoms with E-state index in [2.05, 4.69) is 10.3 Å². The minimum absolute atomic E-state index is 0.0525. The number of aliphatic carboxylic acids is 1. The number of benzene rings is 2. The van der Waals surface area contributed by atoms with Crippen molar-refractivity contribution in [3.63, 3.8) is 0 Å². The topological polar surface area (TPSA) is 77.6 Å². The molecule has 0 bridgehead atoms. The van der Waals surface area contributed by atoms with Crippen molar-refractivity contribution in [1.29, 1.82) is 0 Å². The third kappa shape index (κ3) is 5.36. The zero-order valence-electron chi connectivity index (χ0n) is 20.5. The summed E-state index contributed by atoms with van der Waals surface area (Å²) in [6.07, 6.45) is 1.13. The highest BCUT2D eigenvalue weighted by Gasteiger charge is 2.39. The first-order valence-corrected chi connectivity index (χ1v) is 12.7. The third-order valence-corrected chi connectivity index (χ3v) is 7.20. The van der Waals surface area contributed by atoms with Gasteiger partial charge in [-0.05, 0) is 50.1 Å². The van der Waals surface area contributed by atoms with Gasteiger partial charge in [0.05, 0.1) is 23.7 Å². The molecule has 1 aromatic heterocycles. The number of alkyl halides is 1. The van der Waals surface area contributed by atoms with Gasteiger partial charge in [0, 0.05) is 41.3 Å². The number of H-pyrrole nitrogens is 1. The van der Waals surface area contributed by atoms with Gasteiger partial charge < -0.3 is 20.1 Å². The molecular weight excluding hydrogens is 488 g/mol. The lowest BCUT2D eigenvalue weighted by Crippen LogP contribution is -2.46. The van der Waals surface area contributed by atoms with Crippen LogP contribution < -0.4 is 10.1 Å². The molecule has 0 fully saturated rings. The fourth-order valence-electron chi connectivity index (χ4n) is 4.96. The second kappa shape index (κ2) is 11.6. The Labute approximate surface area is 214 Å². The van der Waals surface area contributed by atoms with Gasteiger partial charge in [-0.2, -0.15) is 0 Å². The maximum absolute atomic E-state index is 15.5. The highest BCUT2D eigenvalue weighted by atomic mass is 35.5. The predicted molar refractivity (Wildman–Crippen MR) is 137 cm³/mol. The average Bonchev–Trinajstić information content (AvgIpc) is 3.22. The first-order valence-electron chi connectivity index (χ1n) is 12.3. The average molecular weight is 520 g/mol. The molecular formula is C27H32ClF2N3O3. The molecule has 2 heterocycles. The zero-order chi connectivity index (χ0) is 25.8. The van der Waals surface area contributed by atoms with Crippen molar-refractivity contribution in [1.82, 2.24) is 15.2 Å². The Morgan fingerprint density at radius 1 is 1.31 bits per heavy atom. The first kappa shape index (κ1) is 26.4. The summed E-state index contributed by atoms with van der Waals surface area (Å²) >= 11 is 6.80. The minimum Gasteiger partial charge on any atom is -0.491 e. The molecule has 6 nitrogen and oxygen atoms in total. The van der Waals surface area contributed by atoms with Crippen LogP contribution in [-0.4, -0.2) is 59.9 Å². The number of carboxylic acid groups (broad SMARTS) is 1. The van der Waals surface area contributed by atoms with Crippen LogP contribution in [0, 0.1) is 11.7 Å². The molecule has 36 heavy (non-hydrogen) atoms. The van der Waals surface area contributed by atoms with Crippen LogP contribution in [0.25, 0.3) is 10.9 Å². The summed E-state index contributed by atoms with van der Waals surface area (Å²) in [6.45, 7) is 4.86. The third-order valence-electron chi connectivity index (χ3n) is 6.81. The molecule has 9 heteroatoms. The molecule has 0 radical (unpaired) electrons. The lowest BCUT2D eigenvalue weighted by molar-refractivity contribution is -0.142. The van der Waals surface area contributed by atoms with Gasteiger partial charge in [0.2, 0.25) is 0 Å². The Hall–Kier alpha value is -2.68. The molecule has 2 aromatic carbocycles. The van der Waals surface area contributed by atoms with Crippen LogP contribution in [0.5, 0.6) is 5.75 Å². The number of halogens is 3. The van der Waals surface area contributed by atoms with Crippen LogP contribution >= 0.6 is 11.6 Å². The lowest BCUT2D eigenvalue weighted by Gasteiger charge is -2.42. The van der Waals surface area contributed by atoms with Gasteiger partial charge in [-0.3, -0.25) is 14.1 Å². The Balaban J connectivity index is 1.75. The molecule has 3 aromatic rings. The van der Waals surface area contributed by atoms with Crippen LogP contribution in [0.15, 0.2) is 36.4 Å². The zero-order valence-corrected chi connectivity index (χ0v) is 21.2. The molecule has 1 aliphatic heterocycles. The number of carbonyl (C=O) groups is 1. The van der Waals surface area contributed by atoms with Crippen molar-refractivity contribution in [3.8, 4) is 5.75 Å². The molecule has 0 spiro atoms. The Bertz CT molecular complexity index is 1220. The quantitative estimate of drug-likeness (QED) is 0.298. The SMILES string of the molecule is CC(CN1C(c2c(F)ccc(OCCNCCCF)c2Cl)c2[nH]c3ccccc3c2C[C@H]1C)C(=O)O. The largest absolute Gasteiger partial charge is 0.491 e. The molecule has 0 saturated heterocycles. The fourth-order valence-corrected chi connectivity index (χ4v) is 5.27. The van der Waals surface area contributed by atoms with Crippen LogP contribution in [0.4, 0.5) is 8.78 Å². The Morgan fingerprint density at radius 3 is 2.83 bits per heavy atom. The van der Waals surface area contributed by atoms with Crippen LogP contribution in [0.2, 0.25) is 5.02 Å². The van der Waals surface area contributed by atoms with E-state index in [4.69, 9.17) is 16.3 Å². The summed E-state index contributed by atoms with van der Waals surface area (Å²) in [5.74, 6) is -1.70. The van der Waals surface area contributed by atoms with E-state index in [9.17, 15) is 14.3 Å². The van der Waals surface area contributed by atoms with Gasteiger partial charge in [0.25, 0.3) is 0 Å². The van der Waals surface area contributed by atoms with Gasteiger partial charge in [0.1, 0.15) is 18.2 Å². The number of ether oxygens (including phenoxy) is 1. The van der Waals surface area contributed by atoms with Gasteiger partial charge >= 0.3 is 5.97 Å². The monoisotopic (exact) mass is 519 g/mol. The lowest BCUT2D eigenvalue weighted by atomic mass is 9.87. The number of carboxylic acids is 1. The standard InChI is InChI=1S/C27H32ClF2N3O3/c1-16(27(34)35)15-33-17(2)14-19-18-6-3-4-7-21(18)32-25(19)26(33)23-20(30)8-9-22(24(23)28)36-13-12-31-11-5-10-29/h3-4,6-9,16-17,26,31-32H,5,10-15H2,1-2H3,(H,34,35)/t16?,17-,26?/m1/s1. The van der Waals surface area contributed by atoms with Gasteiger partial charge in [0.15, 0.2) is 0 Å². The number of fused-ring (bicyclic) bond motifs is 3. The summed E-state index contributed by atoms with van der Waals surface area (Å²) in [5.41, 5.74) is 3.10. The van der Waals surface area contributed by atoms with Crippen molar-refractivity contribution in [2.24, 2.45) is 5.92 Å². The molecule has 0 aliphatic carbocycles. The van der Waals surface area contributed by atoms with Crippen molar-refractivity contribution < 1.29 is 23.4 Å². The summed E-state index contributed by atoms with van der Waals surface area (Å²) in [5, 5.41) is 13.9. The van der Waals surface area contributed by atoms with Crippen LogP contribution in [0.1, 0.15) is 43.1 Å². The molecule has 2 unspecified atom stereocenters. The number of para-hydroxylation sites is 1. The van der Waals surface area contributed by atoms with Crippen molar-refractivity contribution in [2.75, 3.05) is 32.9 Å². The van der Waals surface area contributed by atoms with Gasteiger partial charge in [-0.1, -0.05) is 36.7 Å². The number of rotatable bonds is 11. The molecule has 194 valence electrons. The van der Waals surface area contributed by atoms with E-state index in [1.54, 1.807) is 6.92 Å². The maximum Gasteiger partial charge on any atom is 0.307 e. The summed E-state index contributed by atoms with van der Waals surface area (Å²) in [6, 6.07) is 10.1. The molecule has 0 amide bonds. The predicted octanol–water partition coefficient (Wildman–Crippen LogP) is 5.35. The molecule has 4 rings (SSSR count). The maximum atomic E-state index is 15.5. The van der Waals surface area contributed by atoms with E-state index in [1.165, 1.54) is 12.1 Å². The van der Waals surface area contributed by atoms with Gasteiger partial charge in [-0.25, -0.2) is 4.39 Å². The summed E-state index contributed by atoms with van der Waals surface area (Å²) in [7, 11) is 0. The van der Waals surface area contributed by atoms with E-state index < -0.39 is 23.7 Å². The van der Waals surface area contributed by atoms with E-state index >= 15 is 4.39 Å². The van der Waals surface area contributed by atoms with Crippen molar-refractivity contribution >= 4 is 28.5 Å².